The van der Waals surface area contributed by atoms with Gasteiger partial charge < -0.3 is 10.6 Å². The summed E-state index contributed by atoms with van der Waals surface area (Å²) in [6, 6.07) is 23.6. The summed E-state index contributed by atoms with van der Waals surface area (Å²) in [4.78, 5) is 36.3. The molecule has 0 spiro atoms. The maximum Gasteiger partial charge on any atom is 0.251 e. The minimum Gasteiger partial charge on any atom is -0.355 e. The Balaban J connectivity index is 1.46. The van der Waals surface area contributed by atoms with E-state index in [1.165, 1.54) is 6.08 Å². The fourth-order valence-electron chi connectivity index (χ4n) is 3.17. The Morgan fingerprint density at radius 1 is 0.759 bits per heavy atom. The number of hydrogen-bond donors (Lipinski definition) is 2. The van der Waals surface area contributed by atoms with Crippen molar-refractivity contribution in [2.24, 2.45) is 0 Å². The number of hydrogen-bond acceptors (Lipinski definition) is 4. The van der Waals surface area contributed by atoms with Crippen molar-refractivity contribution in [3.05, 3.63) is 107 Å². The first-order valence-electron chi connectivity index (χ1n) is 9.21. The van der Waals surface area contributed by atoms with E-state index < -0.39 is 11.6 Å². The van der Waals surface area contributed by atoms with Gasteiger partial charge in [0.25, 0.3) is 5.91 Å². The van der Waals surface area contributed by atoms with E-state index >= 15 is 0 Å². The molecular formula is C24H18N2O3. The molecule has 0 bridgehead atoms. The largest absolute Gasteiger partial charge is 0.355 e. The Morgan fingerprint density at radius 2 is 1.41 bits per heavy atom. The van der Waals surface area contributed by atoms with Crippen LogP contribution in [0.5, 0.6) is 0 Å². The van der Waals surface area contributed by atoms with E-state index in [1.807, 2.05) is 36.4 Å². The first-order chi connectivity index (χ1) is 14.1. The van der Waals surface area contributed by atoms with Gasteiger partial charge >= 0.3 is 0 Å². The number of Topliss-reactive ketones (excluding diaryl/α,β-unsaturated/α-hetero) is 1. The van der Waals surface area contributed by atoms with Crippen LogP contribution in [-0.2, 0) is 11.3 Å². The number of anilines is 1. The van der Waals surface area contributed by atoms with E-state index in [1.54, 1.807) is 42.5 Å². The van der Waals surface area contributed by atoms with Crippen LogP contribution in [0.3, 0.4) is 0 Å². The Labute approximate surface area is 168 Å². The summed E-state index contributed by atoms with van der Waals surface area (Å²) in [6.45, 7) is 0.458. The van der Waals surface area contributed by atoms with Crippen molar-refractivity contribution in [1.82, 2.24) is 5.32 Å². The SMILES string of the molecule is O=C1C=C(Nc2ccc(C(=O)NCc3ccccc3)cc2)c2ccccc2C1=O. The van der Waals surface area contributed by atoms with Crippen LogP contribution in [0.1, 0.15) is 31.8 Å². The molecule has 0 aromatic heterocycles. The molecule has 1 amide bonds. The summed E-state index contributed by atoms with van der Waals surface area (Å²) in [5, 5.41) is 6.06. The van der Waals surface area contributed by atoms with Crippen LogP contribution in [0.15, 0.2) is 84.9 Å². The van der Waals surface area contributed by atoms with Crippen molar-refractivity contribution in [2.75, 3.05) is 5.32 Å². The number of ketones is 2. The molecule has 142 valence electrons. The Bertz CT molecular complexity index is 1120. The van der Waals surface area contributed by atoms with Crippen molar-refractivity contribution < 1.29 is 14.4 Å². The first-order valence-corrected chi connectivity index (χ1v) is 9.21. The monoisotopic (exact) mass is 382 g/mol. The molecule has 0 aliphatic heterocycles. The van der Waals surface area contributed by atoms with Crippen molar-refractivity contribution in [3.63, 3.8) is 0 Å². The molecular weight excluding hydrogens is 364 g/mol. The third-order valence-electron chi connectivity index (χ3n) is 4.68. The predicted octanol–water partition coefficient (Wildman–Crippen LogP) is 3.84. The fourth-order valence-corrected chi connectivity index (χ4v) is 3.17. The molecule has 29 heavy (non-hydrogen) atoms. The predicted molar refractivity (Wildman–Crippen MR) is 111 cm³/mol. The van der Waals surface area contributed by atoms with Crippen LogP contribution in [0.25, 0.3) is 5.70 Å². The first kappa shape index (κ1) is 18.4. The van der Waals surface area contributed by atoms with Gasteiger partial charge in [-0.15, -0.1) is 0 Å². The van der Waals surface area contributed by atoms with Crippen molar-refractivity contribution >= 4 is 28.9 Å². The molecule has 3 aromatic rings. The molecule has 1 aliphatic carbocycles. The van der Waals surface area contributed by atoms with E-state index in [2.05, 4.69) is 10.6 Å². The van der Waals surface area contributed by atoms with Crippen LogP contribution in [0.2, 0.25) is 0 Å². The molecule has 5 heteroatoms. The zero-order valence-corrected chi connectivity index (χ0v) is 15.5. The van der Waals surface area contributed by atoms with Crippen molar-refractivity contribution in [3.8, 4) is 0 Å². The number of carbonyl (C=O) groups excluding carboxylic acids is 3. The second kappa shape index (κ2) is 7.94. The summed E-state index contributed by atoms with van der Waals surface area (Å²) in [7, 11) is 0. The highest BCUT2D eigenvalue weighted by atomic mass is 16.2. The van der Waals surface area contributed by atoms with E-state index in [9.17, 15) is 14.4 Å². The van der Waals surface area contributed by atoms with Gasteiger partial charge in [-0.1, -0.05) is 54.6 Å². The van der Waals surface area contributed by atoms with Gasteiger partial charge in [0.2, 0.25) is 11.6 Å². The van der Waals surface area contributed by atoms with Crippen LogP contribution >= 0.6 is 0 Å². The smallest absolute Gasteiger partial charge is 0.251 e. The van der Waals surface area contributed by atoms with Crippen LogP contribution in [0, 0.1) is 0 Å². The number of nitrogens with one attached hydrogen (secondary N) is 2. The molecule has 4 rings (SSSR count). The summed E-state index contributed by atoms with van der Waals surface area (Å²) in [5.74, 6) is -1.22. The van der Waals surface area contributed by atoms with Crippen molar-refractivity contribution in [2.45, 2.75) is 6.54 Å². The summed E-state index contributed by atoms with van der Waals surface area (Å²) >= 11 is 0. The molecule has 5 nitrogen and oxygen atoms in total. The molecule has 0 saturated carbocycles. The fraction of sp³-hybridized carbons (Fsp3) is 0.0417. The number of amides is 1. The summed E-state index contributed by atoms with van der Waals surface area (Å²) in [5.41, 5.74) is 3.91. The lowest BCUT2D eigenvalue weighted by atomic mass is 9.92. The number of fused-ring (bicyclic) bond motifs is 1. The highest BCUT2D eigenvalue weighted by molar-refractivity contribution is 6.50. The van der Waals surface area contributed by atoms with Crippen molar-refractivity contribution in [1.29, 1.82) is 0 Å². The molecule has 0 saturated heterocycles. The zero-order chi connectivity index (χ0) is 20.2. The summed E-state index contributed by atoms with van der Waals surface area (Å²) < 4.78 is 0. The molecule has 0 radical (unpaired) electrons. The molecule has 1 aliphatic rings. The third-order valence-corrected chi connectivity index (χ3v) is 4.68. The van der Waals surface area contributed by atoms with Gasteiger partial charge in [-0.3, -0.25) is 14.4 Å². The van der Waals surface area contributed by atoms with Crippen LogP contribution in [0.4, 0.5) is 5.69 Å². The molecule has 0 heterocycles. The lowest BCUT2D eigenvalue weighted by molar-refractivity contribution is -0.111. The second-order valence-corrected chi connectivity index (χ2v) is 6.67. The van der Waals surface area contributed by atoms with E-state index in [4.69, 9.17) is 0 Å². The van der Waals surface area contributed by atoms with Crippen LogP contribution in [-0.4, -0.2) is 17.5 Å². The number of carbonyl (C=O) groups is 3. The lowest BCUT2D eigenvalue weighted by Crippen LogP contribution is -2.22. The number of benzene rings is 3. The quantitative estimate of drug-likeness (QED) is 0.658. The maximum absolute atomic E-state index is 12.3. The lowest BCUT2D eigenvalue weighted by Gasteiger charge is -2.18. The minimum absolute atomic E-state index is 0.164. The average molecular weight is 382 g/mol. The topological polar surface area (TPSA) is 75.3 Å². The average Bonchev–Trinajstić information content (AvgIpc) is 2.77. The zero-order valence-electron chi connectivity index (χ0n) is 15.5. The van der Waals surface area contributed by atoms with E-state index in [0.717, 1.165) is 5.56 Å². The number of allylic oxidation sites excluding steroid dienone is 1. The summed E-state index contributed by atoms with van der Waals surface area (Å²) in [6.07, 6.45) is 1.31. The minimum atomic E-state index is -0.553. The Kier molecular flexibility index (Phi) is 5.03. The Morgan fingerprint density at radius 3 is 2.14 bits per heavy atom. The molecule has 0 unspecified atom stereocenters. The van der Waals surface area contributed by atoms with Gasteiger partial charge in [-0.25, -0.2) is 0 Å². The van der Waals surface area contributed by atoms with Gasteiger partial charge in [0.05, 0.1) is 5.70 Å². The highest BCUT2D eigenvalue weighted by Crippen LogP contribution is 2.26. The highest BCUT2D eigenvalue weighted by Gasteiger charge is 2.25. The van der Waals surface area contributed by atoms with Gasteiger partial charge in [0.1, 0.15) is 0 Å². The van der Waals surface area contributed by atoms with Gasteiger partial charge in [-0.2, -0.15) is 0 Å². The maximum atomic E-state index is 12.3. The standard InChI is InChI=1S/C24H18N2O3/c27-22-14-21(19-8-4-5-9-20(19)23(22)28)26-18-12-10-17(11-13-18)24(29)25-15-16-6-2-1-3-7-16/h1-14,26H,15H2,(H,25,29). The number of rotatable bonds is 5. The van der Waals surface area contributed by atoms with E-state index in [0.29, 0.717) is 34.6 Å². The Hall–Kier alpha value is -3.99. The van der Waals surface area contributed by atoms with Crippen LogP contribution < -0.4 is 10.6 Å². The second-order valence-electron chi connectivity index (χ2n) is 6.67. The molecule has 0 fully saturated rings. The third kappa shape index (κ3) is 3.99. The molecule has 2 N–H and O–H groups in total. The van der Waals surface area contributed by atoms with E-state index in [-0.39, 0.29) is 5.91 Å². The molecule has 3 aromatic carbocycles. The molecule has 0 atom stereocenters. The normalized spacial score (nSPS) is 12.8. The van der Waals surface area contributed by atoms with Gasteiger partial charge in [0, 0.05) is 35.0 Å². The van der Waals surface area contributed by atoms with Gasteiger partial charge in [0.15, 0.2) is 0 Å². The van der Waals surface area contributed by atoms with Gasteiger partial charge in [-0.05, 0) is 29.8 Å².